The van der Waals surface area contributed by atoms with E-state index in [0.29, 0.717) is 6.67 Å². The molecule has 2 atom stereocenters. The number of fused-ring (bicyclic) bond motifs is 1. The van der Waals surface area contributed by atoms with E-state index >= 15 is 0 Å². The van der Waals surface area contributed by atoms with Gasteiger partial charge in [-0.15, -0.1) is 0 Å². The molecule has 0 aromatic heterocycles. The van der Waals surface area contributed by atoms with Crippen LogP contribution in [0.2, 0.25) is 0 Å². The van der Waals surface area contributed by atoms with E-state index in [1.54, 1.807) is 14.0 Å². The Bertz CT molecular complexity index is 1120. The Hall–Kier alpha value is -3.38. The molecule has 1 unspecified atom stereocenters. The van der Waals surface area contributed by atoms with Gasteiger partial charge in [0, 0.05) is 5.56 Å². The summed E-state index contributed by atoms with van der Waals surface area (Å²) in [6.07, 6.45) is 0. The first-order valence-electron chi connectivity index (χ1n) is 10.5. The van der Waals surface area contributed by atoms with Gasteiger partial charge in [-0.05, 0) is 48.4 Å². The first-order valence-corrected chi connectivity index (χ1v) is 10.5. The molecule has 3 aromatic carbocycles. The van der Waals surface area contributed by atoms with Gasteiger partial charge in [-0.3, -0.25) is 4.79 Å². The number of nitrogens with zero attached hydrogens (tertiary/aromatic N) is 1. The zero-order valence-corrected chi connectivity index (χ0v) is 18.1. The van der Waals surface area contributed by atoms with Gasteiger partial charge in [0.1, 0.15) is 17.8 Å². The van der Waals surface area contributed by atoms with Gasteiger partial charge in [-0.2, -0.15) is 0 Å². The Morgan fingerprint density at radius 1 is 1.00 bits per heavy atom. The summed E-state index contributed by atoms with van der Waals surface area (Å²) in [6.45, 7) is 5.73. The van der Waals surface area contributed by atoms with Crippen LogP contribution in [0.25, 0.3) is 10.8 Å². The molecule has 1 fully saturated rings. The number of urea groups is 1. The van der Waals surface area contributed by atoms with E-state index in [2.05, 4.69) is 24.4 Å². The molecule has 1 aliphatic rings. The summed E-state index contributed by atoms with van der Waals surface area (Å²) >= 11 is 0. The van der Waals surface area contributed by atoms with Gasteiger partial charge >= 0.3 is 6.03 Å². The second-order valence-corrected chi connectivity index (χ2v) is 8.14. The van der Waals surface area contributed by atoms with Gasteiger partial charge in [0.05, 0.1) is 13.7 Å². The molecule has 3 aromatic rings. The third-order valence-electron chi connectivity index (χ3n) is 6.08. The summed E-state index contributed by atoms with van der Waals surface area (Å²) in [5.74, 6) is 0.563. The van der Waals surface area contributed by atoms with Gasteiger partial charge in [0.2, 0.25) is 0 Å². The lowest BCUT2D eigenvalue weighted by molar-refractivity contribution is -0.919. The Morgan fingerprint density at radius 3 is 2.42 bits per heavy atom. The molecule has 1 aliphatic heterocycles. The topological polar surface area (TPSA) is 63.1 Å². The van der Waals surface area contributed by atoms with E-state index in [1.165, 1.54) is 10.5 Å². The van der Waals surface area contributed by atoms with Crippen LogP contribution in [0.5, 0.6) is 5.75 Å². The van der Waals surface area contributed by atoms with Crippen molar-refractivity contribution in [1.82, 2.24) is 10.2 Å². The standard InChI is InChI=1S/C25H27N3O3/c1-4-27(16-18-8-6-5-7-9-18)17-28-23(29)25(2,26-24(28)30)21-12-10-20-15-22(31-3)13-11-19(20)14-21/h5-15H,4,16-17H2,1-3H3,(H,26,30)/p+1/t25-/m0/s1. The molecule has 6 nitrogen and oxygen atoms in total. The first kappa shape index (κ1) is 20.9. The second kappa shape index (κ2) is 8.40. The third kappa shape index (κ3) is 3.99. The molecule has 4 rings (SSSR count). The summed E-state index contributed by atoms with van der Waals surface area (Å²) in [6, 6.07) is 21.4. The van der Waals surface area contributed by atoms with E-state index in [-0.39, 0.29) is 11.9 Å². The van der Waals surface area contributed by atoms with Crippen molar-refractivity contribution in [3.63, 3.8) is 0 Å². The van der Waals surface area contributed by atoms with Gasteiger partial charge < -0.3 is 15.0 Å². The van der Waals surface area contributed by atoms with E-state index in [1.807, 2.05) is 54.6 Å². The summed E-state index contributed by atoms with van der Waals surface area (Å²) < 4.78 is 5.29. The number of imide groups is 1. The highest BCUT2D eigenvalue weighted by Gasteiger charge is 2.50. The highest BCUT2D eigenvalue weighted by atomic mass is 16.5. The van der Waals surface area contributed by atoms with Crippen LogP contribution < -0.4 is 15.0 Å². The van der Waals surface area contributed by atoms with E-state index in [0.717, 1.165) is 40.1 Å². The normalized spacial score (nSPS) is 19.5. The Kier molecular flexibility index (Phi) is 5.65. The summed E-state index contributed by atoms with van der Waals surface area (Å²) in [7, 11) is 1.64. The maximum Gasteiger partial charge on any atom is 0.329 e. The number of hydrogen-bond donors (Lipinski definition) is 2. The van der Waals surface area contributed by atoms with Crippen LogP contribution in [-0.4, -0.2) is 37.2 Å². The quantitative estimate of drug-likeness (QED) is 0.580. The maximum absolute atomic E-state index is 13.4. The number of benzene rings is 3. The fourth-order valence-corrected chi connectivity index (χ4v) is 4.10. The Balaban J connectivity index is 1.57. The Labute approximate surface area is 182 Å². The molecule has 6 heteroatoms. The van der Waals surface area contributed by atoms with Crippen LogP contribution in [0.15, 0.2) is 66.7 Å². The van der Waals surface area contributed by atoms with E-state index in [4.69, 9.17) is 4.74 Å². The minimum absolute atomic E-state index is 0.218. The van der Waals surface area contributed by atoms with Crippen molar-refractivity contribution in [2.75, 3.05) is 20.3 Å². The summed E-state index contributed by atoms with van der Waals surface area (Å²) in [5.41, 5.74) is 0.864. The smallest absolute Gasteiger partial charge is 0.329 e. The maximum atomic E-state index is 13.4. The molecule has 0 saturated carbocycles. The third-order valence-corrected chi connectivity index (χ3v) is 6.08. The molecule has 1 heterocycles. The van der Waals surface area contributed by atoms with Gasteiger partial charge in [-0.1, -0.05) is 48.5 Å². The van der Waals surface area contributed by atoms with Crippen LogP contribution in [0, 0.1) is 0 Å². The molecule has 0 bridgehead atoms. The number of nitrogens with one attached hydrogen (secondary N) is 2. The summed E-state index contributed by atoms with van der Waals surface area (Å²) in [4.78, 5) is 28.7. The SMILES string of the molecule is CC[NH+](Cc1ccccc1)CN1C(=O)N[C@@](C)(c2ccc3cc(OC)ccc3c2)C1=O. The number of quaternary nitrogens is 1. The number of ether oxygens (including phenoxy) is 1. The highest BCUT2D eigenvalue weighted by Crippen LogP contribution is 2.31. The number of amides is 3. The van der Waals surface area contributed by atoms with Crippen LogP contribution in [0.4, 0.5) is 4.79 Å². The molecular formula is C25H28N3O3+. The number of carbonyl (C=O) groups is 2. The fourth-order valence-electron chi connectivity index (χ4n) is 4.10. The van der Waals surface area contributed by atoms with Crippen molar-refractivity contribution in [1.29, 1.82) is 0 Å². The lowest BCUT2D eigenvalue weighted by Crippen LogP contribution is -3.12. The monoisotopic (exact) mass is 418 g/mol. The molecule has 1 saturated heterocycles. The number of rotatable bonds is 7. The minimum Gasteiger partial charge on any atom is -0.497 e. The average molecular weight is 419 g/mol. The molecule has 160 valence electrons. The molecular weight excluding hydrogens is 390 g/mol. The molecule has 3 amide bonds. The van der Waals surface area contributed by atoms with Gasteiger partial charge in [0.15, 0.2) is 6.67 Å². The lowest BCUT2D eigenvalue weighted by atomic mass is 9.90. The second-order valence-electron chi connectivity index (χ2n) is 8.14. The number of carbonyl (C=O) groups excluding carboxylic acids is 2. The Morgan fingerprint density at radius 2 is 1.71 bits per heavy atom. The van der Waals surface area contributed by atoms with Gasteiger partial charge in [0.25, 0.3) is 5.91 Å². The highest BCUT2D eigenvalue weighted by molar-refractivity contribution is 6.07. The van der Waals surface area contributed by atoms with Crippen molar-refractivity contribution >= 4 is 22.7 Å². The lowest BCUT2D eigenvalue weighted by Gasteiger charge is -2.25. The molecule has 2 N–H and O–H groups in total. The zero-order chi connectivity index (χ0) is 22.0. The van der Waals surface area contributed by atoms with Crippen molar-refractivity contribution in [2.24, 2.45) is 0 Å². The first-order chi connectivity index (χ1) is 14.9. The van der Waals surface area contributed by atoms with Crippen molar-refractivity contribution < 1.29 is 19.2 Å². The number of methoxy groups -OCH3 is 1. The van der Waals surface area contributed by atoms with Gasteiger partial charge in [-0.25, -0.2) is 9.69 Å². The molecule has 0 aliphatic carbocycles. The van der Waals surface area contributed by atoms with Crippen molar-refractivity contribution in [3.05, 3.63) is 77.9 Å². The largest absolute Gasteiger partial charge is 0.497 e. The fraction of sp³-hybridized carbons (Fsp3) is 0.280. The van der Waals surface area contributed by atoms with E-state index < -0.39 is 5.54 Å². The molecule has 31 heavy (non-hydrogen) atoms. The average Bonchev–Trinajstić information content (AvgIpc) is 3.02. The van der Waals surface area contributed by atoms with E-state index in [9.17, 15) is 9.59 Å². The van der Waals surface area contributed by atoms with Crippen LogP contribution in [0.3, 0.4) is 0 Å². The van der Waals surface area contributed by atoms with Crippen LogP contribution in [-0.2, 0) is 16.9 Å². The molecule has 0 radical (unpaired) electrons. The number of hydrogen-bond acceptors (Lipinski definition) is 3. The molecule has 0 spiro atoms. The summed E-state index contributed by atoms with van der Waals surface area (Å²) in [5, 5.41) is 4.94. The predicted octanol–water partition coefficient (Wildman–Crippen LogP) is 2.68. The van der Waals surface area contributed by atoms with Crippen LogP contribution in [0.1, 0.15) is 25.0 Å². The van der Waals surface area contributed by atoms with Crippen molar-refractivity contribution in [2.45, 2.75) is 25.9 Å². The van der Waals surface area contributed by atoms with Crippen molar-refractivity contribution in [3.8, 4) is 5.75 Å². The van der Waals surface area contributed by atoms with Crippen LogP contribution >= 0.6 is 0 Å². The minimum atomic E-state index is -1.09. The predicted molar refractivity (Wildman–Crippen MR) is 120 cm³/mol. The zero-order valence-electron chi connectivity index (χ0n) is 18.1.